The number of nitrogens with one attached hydrogen (secondary N) is 1. The van der Waals surface area contributed by atoms with E-state index in [4.69, 9.17) is 5.11 Å². The molecule has 96 valence electrons. The highest BCUT2D eigenvalue weighted by atomic mass is 16.3. The molecule has 0 aromatic carbocycles. The molecule has 0 aromatic rings. The standard InChI is InChI=1S/C13H27NO2/c1-2-12-5-7-13(16,8-6-12)11-14-9-3-4-10-15/h12,14-16H,2-11H2,1H3. The van der Waals surface area contributed by atoms with Crippen molar-refractivity contribution in [1.29, 1.82) is 0 Å². The molecule has 1 aliphatic rings. The maximum Gasteiger partial charge on any atom is 0.0771 e. The fourth-order valence-electron chi connectivity index (χ4n) is 2.48. The van der Waals surface area contributed by atoms with Crippen LogP contribution in [0.15, 0.2) is 0 Å². The molecule has 3 heteroatoms. The van der Waals surface area contributed by atoms with Crippen LogP contribution in [0.5, 0.6) is 0 Å². The van der Waals surface area contributed by atoms with Crippen LogP contribution in [0.25, 0.3) is 0 Å². The minimum Gasteiger partial charge on any atom is -0.396 e. The third kappa shape index (κ3) is 4.81. The molecule has 0 radical (unpaired) electrons. The van der Waals surface area contributed by atoms with Crippen LogP contribution in [0.2, 0.25) is 0 Å². The summed E-state index contributed by atoms with van der Waals surface area (Å²) in [6.07, 6.45) is 7.32. The highest BCUT2D eigenvalue weighted by Crippen LogP contribution is 2.33. The third-order valence-electron chi connectivity index (χ3n) is 3.83. The van der Waals surface area contributed by atoms with Gasteiger partial charge in [-0.1, -0.05) is 13.3 Å². The first kappa shape index (κ1) is 13.9. The Hall–Kier alpha value is -0.120. The topological polar surface area (TPSA) is 52.5 Å². The quantitative estimate of drug-likeness (QED) is 0.582. The second kappa shape index (κ2) is 7.25. The minimum atomic E-state index is -0.467. The Morgan fingerprint density at radius 2 is 1.94 bits per heavy atom. The predicted molar refractivity (Wildman–Crippen MR) is 66.4 cm³/mol. The van der Waals surface area contributed by atoms with E-state index in [1.165, 1.54) is 19.3 Å². The number of hydrogen-bond donors (Lipinski definition) is 3. The van der Waals surface area contributed by atoms with Gasteiger partial charge in [-0.3, -0.25) is 0 Å². The number of unbranched alkanes of at least 4 members (excludes halogenated alkanes) is 1. The molecule has 16 heavy (non-hydrogen) atoms. The number of aliphatic hydroxyl groups is 2. The molecule has 0 atom stereocenters. The van der Waals surface area contributed by atoms with E-state index in [0.717, 1.165) is 44.7 Å². The normalized spacial score (nSPS) is 30.6. The molecule has 3 N–H and O–H groups in total. The van der Waals surface area contributed by atoms with Gasteiger partial charge < -0.3 is 15.5 Å². The Morgan fingerprint density at radius 3 is 2.50 bits per heavy atom. The monoisotopic (exact) mass is 229 g/mol. The molecule has 0 aromatic heterocycles. The van der Waals surface area contributed by atoms with Crippen molar-refractivity contribution < 1.29 is 10.2 Å². The predicted octanol–water partition coefficient (Wildman–Crippen LogP) is 1.68. The highest BCUT2D eigenvalue weighted by molar-refractivity contribution is 4.86. The van der Waals surface area contributed by atoms with Gasteiger partial charge in [-0.2, -0.15) is 0 Å². The average molecular weight is 229 g/mol. The van der Waals surface area contributed by atoms with E-state index in [1.54, 1.807) is 0 Å². The zero-order chi connectivity index (χ0) is 11.9. The van der Waals surface area contributed by atoms with Gasteiger partial charge in [-0.25, -0.2) is 0 Å². The number of aliphatic hydroxyl groups excluding tert-OH is 1. The lowest BCUT2D eigenvalue weighted by atomic mass is 9.78. The van der Waals surface area contributed by atoms with E-state index in [9.17, 15) is 5.11 Å². The van der Waals surface area contributed by atoms with E-state index in [0.29, 0.717) is 0 Å². The van der Waals surface area contributed by atoms with Crippen molar-refractivity contribution in [2.45, 2.75) is 57.5 Å². The number of rotatable bonds is 7. The van der Waals surface area contributed by atoms with Crippen LogP contribution in [0, 0.1) is 5.92 Å². The van der Waals surface area contributed by atoms with Crippen molar-refractivity contribution in [3.05, 3.63) is 0 Å². The van der Waals surface area contributed by atoms with Gasteiger partial charge in [0.25, 0.3) is 0 Å². The molecule has 0 bridgehead atoms. The molecule has 0 aliphatic heterocycles. The molecule has 1 fully saturated rings. The minimum absolute atomic E-state index is 0.268. The summed E-state index contributed by atoms with van der Waals surface area (Å²) in [6.45, 7) is 4.13. The first-order valence-electron chi connectivity index (χ1n) is 6.74. The molecular weight excluding hydrogens is 202 g/mol. The molecular formula is C13H27NO2. The zero-order valence-electron chi connectivity index (χ0n) is 10.5. The first-order chi connectivity index (χ1) is 7.70. The Labute approximate surface area is 99.3 Å². The summed E-state index contributed by atoms with van der Waals surface area (Å²) in [7, 11) is 0. The highest BCUT2D eigenvalue weighted by Gasteiger charge is 2.31. The molecule has 0 heterocycles. The summed E-state index contributed by atoms with van der Waals surface area (Å²) >= 11 is 0. The van der Waals surface area contributed by atoms with Crippen LogP contribution in [-0.4, -0.2) is 35.5 Å². The first-order valence-corrected chi connectivity index (χ1v) is 6.74. The van der Waals surface area contributed by atoms with Crippen molar-refractivity contribution in [2.24, 2.45) is 5.92 Å². The Morgan fingerprint density at radius 1 is 1.25 bits per heavy atom. The lowest BCUT2D eigenvalue weighted by Gasteiger charge is -2.36. The average Bonchev–Trinajstić information content (AvgIpc) is 2.30. The van der Waals surface area contributed by atoms with E-state index >= 15 is 0 Å². The van der Waals surface area contributed by atoms with Gasteiger partial charge in [0.05, 0.1) is 5.60 Å². The van der Waals surface area contributed by atoms with Gasteiger partial charge in [0.2, 0.25) is 0 Å². The van der Waals surface area contributed by atoms with Crippen LogP contribution in [0.1, 0.15) is 51.9 Å². The summed E-state index contributed by atoms with van der Waals surface area (Å²) in [5, 5.41) is 22.3. The molecule has 1 rings (SSSR count). The van der Waals surface area contributed by atoms with Crippen LogP contribution < -0.4 is 5.32 Å². The van der Waals surface area contributed by atoms with E-state index in [2.05, 4.69) is 12.2 Å². The van der Waals surface area contributed by atoms with Gasteiger partial charge >= 0.3 is 0 Å². The van der Waals surface area contributed by atoms with Gasteiger partial charge in [-0.15, -0.1) is 0 Å². The summed E-state index contributed by atoms with van der Waals surface area (Å²) in [6, 6.07) is 0. The lowest BCUT2D eigenvalue weighted by Crippen LogP contribution is -2.43. The molecule has 0 unspecified atom stereocenters. The molecule has 0 amide bonds. The Bertz CT molecular complexity index is 177. The van der Waals surface area contributed by atoms with Crippen LogP contribution in [0.4, 0.5) is 0 Å². The Balaban J connectivity index is 2.11. The fraction of sp³-hybridized carbons (Fsp3) is 1.00. The molecule has 1 saturated carbocycles. The Kier molecular flexibility index (Phi) is 6.32. The fourth-order valence-corrected chi connectivity index (χ4v) is 2.48. The molecule has 1 aliphatic carbocycles. The molecule has 0 saturated heterocycles. The third-order valence-corrected chi connectivity index (χ3v) is 3.83. The van der Waals surface area contributed by atoms with Crippen molar-refractivity contribution in [3.8, 4) is 0 Å². The maximum atomic E-state index is 10.3. The smallest absolute Gasteiger partial charge is 0.0771 e. The van der Waals surface area contributed by atoms with Crippen molar-refractivity contribution in [1.82, 2.24) is 5.32 Å². The zero-order valence-corrected chi connectivity index (χ0v) is 10.5. The van der Waals surface area contributed by atoms with Crippen LogP contribution in [-0.2, 0) is 0 Å². The molecule has 3 nitrogen and oxygen atoms in total. The summed E-state index contributed by atoms with van der Waals surface area (Å²) < 4.78 is 0. The second-order valence-corrected chi connectivity index (χ2v) is 5.18. The van der Waals surface area contributed by atoms with Gasteiger partial charge in [0.15, 0.2) is 0 Å². The van der Waals surface area contributed by atoms with Crippen LogP contribution in [0.3, 0.4) is 0 Å². The van der Waals surface area contributed by atoms with Gasteiger partial charge in [-0.05, 0) is 51.0 Å². The lowest BCUT2D eigenvalue weighted by molar-refractivity contribution is -0.00849. The maximum absolute atomic E-state index is 10.3. The van der Waals surface area contributed by atoms with Crippen molar-refractivity contribution in [3.63, 3.8) is 0 Å². The molecule has 0 spiro atoms. The van der Waals surface area contributed by atoms with Crippen LogP contribution >= 0.6 is 0 Å². The van der Waals surface area contributed by atoms with E-state index < -0.39 is 5.60 Å². The van der Waals surface area contributed by atoms with Crippen molar-refractivity contribution in [2.75, 3.05) is 19.7 Å². The van der Waals surface area contributed by atoms with Gasteiger partial charge in [0, 0.05) is 13.2 Å². The SMILES string of the molecule is CCC1CCC(O)(CNCCCCO)CC1. The van der Waals surface area contributed by atoms with Crippen molar-refractivity contribution >= 4 is 0 Å². The summed E-state index contributed by atoms with van der Waals surface area (Å²) in [4.78, 5) is 0. The summed E-state index contributed by atoms with van der Waals surface area (Å²) in [5.74, 6) is 0.828. The van der Waals surface area contributed by atoms with E-state index in [1.807, 2.05) is 0 Å². The number of hydrogen-bond acceptors (Lipinski definition) is 3. The second-order valence-electron chi connectivity index (χ2n) is 5.18. The largest absolute Gasteiger partial charge is 0.396 e. The van der Waals surface area contributed by atoms with Gasteiger partial charge in [0.1, 0.15) is 0 Å². The summed E-state index contributed by atoms with van der Waals surface area (Å²) in [5.41, 5.74) is -0.467. The van der Waals surface area contributed by atoms with E-state index in [-0.39, 0.29) is 6.61 Å².